The molecule has 9 heteroatoms. The Morgan fingerprint density at radius 1 is 1.30 bits per heavy atom. The Bertz CT molecular complexity index is 882. The van der Waals surface area contributed by atoms with Crippen molar-refractivity contribution < 1.29 is 19.0 Å². The summed E-state index contributed by atoms with van der Waals surface area (Å²) in [6.45, 7) is 8.01. The summed E-state index contributed by atoms with van der Waals surface area (Å²) in [6, 6.07) is 3.67. The molecule has 1 fully saturated rings. The lowest BCUT2D eigenvalue weighted by molar-refractivity contribution is 0.0787. The highest BCUT2D eigenvalue weighted by Crippen LogP contribution is 2.32. The Morgan fingerprint density at radius 2 is 2.07 bits per heavy atom. The van der Waals surface area contributed by atoms with E-state index in [4.69, 9.17) is 25.8 Å². The van der Waals surface area contributed by atoms with Crippen LogP contribution in [0.2, 0.25) is 5.15 Å². The molecule has 2 aromatic heterocycles. The Kier molecular flexibility index (Phi) is 7.31. The van der Waals surface area contributed by atoms with E-state index in [1.165, 1.54) is 6.33 Å². The first-order valence-electron chi connectivity index (χ1n) is 10.1. The molecule has 1 aliphatic rings. The maximum atomic E-state index is 12.3. The summed E-state index contributed by atoms with van der Waals surface area (Å²) < 4.78 is 17.1. The van der Waals surface area contributed by atoms with Crippen LogP contribution < -0.4 is 9.47 Å². The minimum atomic E-state index is -0.262. The zero-order valence-corrected chi connectivity index (χ0v) is 18.4. The van der Waals surface area contributed by atoms with Gasteiger partial charge in [0.2, 0.25) is 11.8 Å². The van der Waals surface area contributed by atoms with Crippen LogP contribution in [0.3, 0.4) is 0 Å². The highest BCUT2D eigenvalue weighted by molar-refractivity contribution is 6.30. The lowest BCUT2D eigenvalue weighted by atomic mass is 10.1. The summed E-state index contributed by atoms with van der Waals surface area (Å²) >= 11 is 6.07. The average Bonchev–Trinajstić information content (AvgIpc) is 3.07. The smallest absolute Gasteiger partial charge is 0.410 e. The molecule has 0 aliphatic carbocycles. The van der Waals surface area contributed by atoms with E-state index in [-0.39, 0.29) is 29.4 Å². The van der Waals surface area contributed by atoms with E-state index >= 15 is 0 Å². The molecule has 0 spiro atoms. The number of carbonyl (C=O) groups excluding carboxylic acids is 1. The Labute approximate surface area is 181 Å². The molecule has 8 nitrogen and oxygen atoms in total. The summed E-state index contributed by atoms with van der Waals surface area (Å²) in [4.78, 5) is 26.6. The molecule has 1 aliphatic heterocycles. The van der Waals surface area contributed by atoms with Gasteiger partial charge >= 0.3 is 6.09 Å². The topological polar surface area (TPSA) is 86.7 Å². The van der Waals surface area contributed by atoms with E-state index in [0.29, 0.717) is 36.1 Å². The molecule has 30 heavy (non-hydrogen) atoms. The van der Waals surface area contributed by atoms with Crippen molar-refractivity contribution in [3.63, 3.8) is 0 Å². The minimum Gasteiger partial charge on any atom is -0.474 e. The van der Waals surface area contributed by atoms with Gasteiger partial charge in [0.15, 0.2) is 10.9 Å². The molecule has 1 saturated heterocycles. The number of ether oxygens (including phenoxy) is 3. The van der Waals surface area contributed by atoms with Gasteiger partial charge in [0.1, 0.15) is 6.33 Å². The van der Waals surface area contributed by atoms with Crippen LogP contribution in [0.15, 0.2) is 24.7 Å². The van der Waals surface area contributed by atoms with Crippen molar-refractivity contribution in [2.75, 3.05) is 6.61 Å². The average molecular weight is 435 g/mol. The van der Waals surface area contributed by atoms with Gasteiger partial charge in [-0.15, -0.1) is 0 Å². The maximum absolute atomic E-state index is 12.3. The van der Waals surface area contributed by atoms with Crippen LogP contribution in [0.25, 0.3) is 0 Å². The van der Waals surface area contributed by atoms with Gasteiger partial charge in [0.25, 0.3) is 0 Å². The van der Waals surface area contributed by atoms with Crippen LogP contribution in [-0.2, 0) is 4.74 Å². The maximum Gasteiger partial charge on any atom is 0.410 e. The number of amides is 1. The van der Waals surface area contributed by atoms with Crippen molar-refractivity contribution in [1.29, 1.82) is 0 Å². The van der Waals surface area contributed by atoms with Crippen molar-refractivity contribution in [1.82, 2.24) is 19.9 Å². The van der Waals surface area contributed by atoms with E-state index < -0.39 is 0 Å². The zero-order chi connectivity index (χ0) is 21.7. The highest BCUT2D eigenvalue weighted by atomic mass is 35.5. The predicted octanol–water partition coefficient (Wildman–Crippen LogP) is 4.79. The molecular weight excluding hydrogens is 408 g/mol. The molecule has 0 aromatic carbocycles. The van der Waals surface area contributed by atoms with Gasteiger partial charge in [0.05, 0.1) is 18.3 Å². The van der Waals surface area contributed by atoms with Crippen LogP contribution in [-0.4, -0.2) is 50.7 Å². The van der Waals surface area contributed by atoms with Crippen LogP contribution in [0.1, 0.15) is 45.6 Å². The molecule has 0 bridgehead atoms. The minimum absolute atomic E-state index is 0.0705. The third-order valence-electron chi connectivity index (χ3n) is 5.10. The zero-order valence-electron chi connectivity index (χ0n) is 17.7. The number of nitrogens with zero attached hydrogens (tertiary/aromatic N) is 4. The first-order chi connectivity index (χ1) is 14.4. The molecule has 1 amide bonds. The van der Waals surface area contributed by atoms with Gasteiger partial charge in [-0.3, -0.25) is 0 Å². The van der Waals surface area contributed by atoms with Crippen molar-refractivity contribution in [2.24, 2.45) is 0 Å². The number of carbonyl (C=O) groups is 1. The Morgan fingerprint density at radius 3 is 2.80 bits per heavy atom. The van der Waals surface area contributed by atoms with E-state index in [2.05, 4.69) is 15.0 Å². The lowest BCUT2D eigenvalue weighted by Gasteiger charge is -2.29. The lowest BCUT2D eigenvalue weighted by Crippen LogP contribution is -2.42. The van der Waals surface area contributed by atoms with Gasteiger partial charge in [-0.1, -0.05) is 11.6 Å². The number of hydrogen-bond donors (Lipinski definition) is 0. The standard InChI is InChI=1S/C21H27ClN4O4/c1-5-28-21(27)26-13(2)8-9-16(26)11-14(3)29-19-15(4)20(25-12-24-19)30-17-7-6-10-23-18(17)22/h6-7,10,12-14,16H,5,8-9,11H2,1-4H3/t13?,14-,16?/m0/s1. The monoisotopic (exact) mass is 434 g/mol. The predicted molar refractivity (Wildman–Crippen MR) is 112 cm³/mol. The second-order valence-electron chi connectivity index (χ2n) is 7.35. The Balaban J connectivity index is 1.67. The molecule has 3 atom stereocenters. The number of likely N-dealkylation sites (tertiary alicyclic amines) is 1. The first kappa shape index (κ1) is 22.1. The van der Waals surface area contributed by atoms with Gasteiger partial charge in [-0.2, -0.15) is 0 Å². The number of halogens is 1. The van der Waals surface area contributed by atoms with Crippen molar-refractivity contribution in [2.45, 2.75) is 65.1 Å². The molecule has 0 radical (unpaired) electrons. The van der Waals surface area contributed by atoms with E-state index in [1.54, 1.807) is 18.3 Å². The molecule has 3 rings (SSSR count). The van der Waals surface area contributed by atoms with Crippen LogP contribution in [0.5, 0.6) is 17.5 Å². The number of rotatable bonds is 7. The number of aromatic nitrogens is 3. The molecule has 0 N–H and O–H groups in total. The normalized spacial score (nSPS) is 19.4. The summed E-state index contributed by atoms with van der Waals surface area (Å²) in [5.74, 6) is 1.19. The summed E-state index contributed by atoms with van der Waals surface area (Å²) in [7, 11) is 0. The molecule has 0 saturated carbocycles. The summed E-state index contributed by atoms with van der Waals surface area (Å²) in [6.07, 6.45) is 5.09. The van der Waals surface area contributed by atoms with Crippen molar-refractivity contribution in [3.05, 3.63) is 35.4 Å². The third-order valence-corrected chi connectivity index (χ3v) is 5.39. The molecule has 162 valence electrons. The fourth-order valence-electron chi connectivity index (χ4n) is 3.64. The molecule has 2 aromatic rings. The van der Waals surface area contributed by atoms with Crippen LogP contribution >= 0.6 is 11.6 Å². The van der Waals surface area contributed by atoms with Crippen molar-refractivity contribution in [3.8, 4) is 17.5 Å². The second kappa shape index (κ2) is 9.93. The van der Waals surface area contributed by atoms with E-state index in [9.17, 15) is 4.79 Å². The first-order valence-corrected chi connectivity index (χ1v) is 10.5. The largest absolute Gasteiger partial charge is 0.474 e. The quantitative estimate of drug-likeness (QED) is 0.579. The van der Waals surface area contributed by atoms with E-state index in [0.717, 1.165) is 12.8 Å². The molecule has 2 unspecified atom stereocenters. The van der Waals surface area contributed by atoms with Crippen molar-refractivity contribution >= 4 is 17.7 Å². The fourth-order valence-corrected chi connectivity index (χ4v) is 3.80. The second-order valence-corrected chi connectivity index (χ2v) is 7.71. The van der Waals surface area contributed by atoms with E-state index in [1.807, 2.05) is 32.6 Å². The third kappa shape index (κ3) is 5.11. The van der Waals surface area contributed by atoms with Crippen LogP contribution in [0, 0.1) is 6.92 Å². The molecular formula is C21H27ClN4O4. The van der Waals surface area contributed by atoms with Gasteiger partial charge < -0.3 is 19.1 Å². The highest BCUT2D eigenvalue weighted by Gasteiger charge is 2.36. The summed E-state index contributed by atoms with van der Waals surface area (Å²) in [5.41, 5.74) is 0.659. The molecule has 3 heterocycles. The van der Waals surface area contributed by atoms with Gasteiger partial charge in [0, 0.05) is 24.7 Å². The van der Waals surface area contributed by atoms with Crippen LogP contribution in [0.4, 0.5) is 4.79 Å². The van der Waals surface area contributed by atoms with Gasteiger partial charge in [-0.05, 0) is 52.7 Å². The fraction of sp³-hybridized carbons (Fsp3) is 0.524. The SMILES string of the molecule is CCOC(=O)N1C(C)CCC1C[C@H](C)Oc1ncnc(Oc2cccnc2Cl)c1C. The Hall–Kier alpha value is -2.61. The summed E-state index contributed by atoms with van der Waals surface area (Å²) in [5, 5.41) is 0.251. The number of pyridine rings is 1. The van der Waals surface area contributed by atoms with Gasteiger partial charge in [-0.25, -0.2) is 19.7 Å². The number of hydrogen-bond acceptors (Lipinski definition) is 7.